The summed E-state index contributed by atoms with van der Waals surface area (Å²) >= 11 is 0. The van der Waals surface area contributed by atoms with Crippen LogP contribution in [0.15, 0.2) is 0 Å². The molecule has 1 aliphatic carbocycles. The topological polar surface area (TPSA) is 27.0 Å². The average Bonchev–Trinajstić information content (AvgIpc) is 2.50. The molecule has 2 rings (SSSR count). The molecule has 0 bridgehead atoms. The van der Waals surface area contributed by atoms with E-state index in [1.54, 1.807) is 0 Å². The fourth-order valence-electron chi connectivity index (χ4n) is 2.66. The Labute approximate surface area is 74.2 Å². The van der Waals surface area contributed by atoms with E-state index in [1.165, 1.54) is 12.8 Å². The molecule has 0 amide bonds. The number of likely N-dealkylation sites (tertiary alicyclic amines) is 1. The van der Waals surface area contributed by atoms with Gasteiger partial charge in [-0.05, 0) is 44.7 Å². The van der Waals surface area contributed by atoms with Gasteiger partial charge in [-0.15, -0.1) is 0 Å². The quantitative estimate of drug-likeness (QED) is 0.590. The molecular formula is C10H16N2. The fraction of sp³-hybridized carbons (Fsp3) is 0.900. The van der Waals surface area contributed by atoms with E-state index in [9.17, 15) is 0 Å². The molecule has 1 saturated carbocycles. The van der Waals surface area contributed by atoms with Gasteiger partial charge in [0.25, 0.3) is 0 Å². The molecule has 12 heavy (non-hydrogen) atoms. The summed E-state index contributed by atoms with van der Waals surface area (Å²) in [6.45, 7) is 4.55. The number of rotatable bonds is 1. The molecule has 1 saturated heterocycles. The fourth-order valence-corrected chi connectivity index (χ4v) is 2.66. The lowest BCUT2D eigenvalue weighted by atomic mass is 9.69. The highest BCUT2D eigenvalue weighted by atomic mass is 15.2. The molecule has 0 radical (unpaired) electrons. The van der Waals surface area contributed by atoms with Crippen molar-refractivity contribution in [2.75, 3.05) is 13.1 Å². The van der Waals surface area contributed by atoms with Crippen molar-refractivity contribution in [3.8, 4) is 6.07 Å². The Morgan fingerprint density at radius 3 is 2.33 bits per heavy atom. The molecule has 0 aromatic rings. The maximum absolute atomic E-state index is 9.12. The van der Waals surface area contributed by atoms with Crippen LogP contribution in [0, 0.1) is 17.2 Å². The predicted molar refractivity (Wildman–Crippen MR) is 47.5 cm³/mol. The first-order valence-electron chi connectivity index (χ1n) is 4.93. The summed E-state index contributed by atoms with van der Waals surface area (Å²) in [4.78, 5) is 2.40. The largest absolute Gasteiger partial charge is 0.286 e. The van der Waals surface area contributed by atoms with Crippen LogP contribution in [0.5, 0.6) is 0 Å². The highest BCUT2D eigenvalue weighted by Gasteiger charge is 2.47. The molecule has 2 fully saturated rings. The zero-order chi connectivity index (χ0) is 8.60. The lowest BCUT2D eigenvalue weighted by Crippen LogP contribution is -2.54. The second-order valence-corrected chi connectivity index (χ2v) is 4.35. The van der Waals surface area contributed by atoms with Crippen molar-refractivity contribution < 1.29 is 0 Å². The van der Waals surface area contributed by atoms with Crippen LogP contribution in [0.4, 0.5) is 0 Å². The van der Waals surface area contributed by atoms with E-state index in [0.29, 0.717) is 0 Å². The van der Waals surface area contributed by atoms with Crippen molar-refractivity contribution >= 4 is 0 Å². The summed E-state index contributed by atoms with van der Waals surface area (Å²) in [5.74, 6) is 0.769. The van der Waals surface area contributed by atoms with Gasteiger partial charge in [0.15, 0.2) is 0 Å². The van der Waals surface area contributed by atoms with Crippen LogP contribution in [0.2, 0.25) is 0 Å². The van der Waals surface area contributed by atoms with Gasteiger partial charge in [-0.3, -0.25) is 4.90 Å². The first kappa shape index (κ1) is 8.07. The molecule has 2 nitrogen and oxygen atoms in total. The molecule has 0 aromatic heterocycles. The van der Waals surface area contributed by atoms with Crippen molar-refractivity contribution in [1.82, 2.24) is 4.90 Å². The van der Waals surface area contributed by atoms with Crippen molar-refractivity contribution in [1.29, 1.82) is 5.26 Å². The molecule has 0 N–H and O–H groups in total. The molecule has 1 aliphatic heterocycles. The van der Waals surface area contributed by atoms with Gasteiger partial charge >= 0.3 is 0 Å². The molecule has 1 heterocycles. The van der Waals surface area contributed by atoms with Crippen LogP contribution in [0.25, 0.3) is 0 Å². The summed E-state index contributed by atoms with van der Waals surface area (Å²) in [5.41, 5.74) is -0.0457. The normalized spacial score (nSPS) is 42.2. The predicted octanol–water partition coefficient (Wildman–Crippen LogP) is 1.77. The standard InChI is InChI=1S/C10H16N2/c1-9-6-10(7-9,8-11)12-4-2-3-5-12/h9H,2-7H2,1H3. The molecular weight excluding hydrogens is 148 g/mol. The van der Waals surface area contributed by atoms with Crippen LogP contribution >= 0.6 is 0 Å². The van der Waals surface area contributed by atoms with Crippen molar-refractivity contribution in [2.24, 2.45) is 5.92 Å². The lowest BCUT2D eigenvalue weighted by molar-refractivity contribution is 0.0457. The van der Waals surface area contributed by atoms with Crippen LogP contribution in [-0.4, -0.2) is 23.5 Å². The molecule has 0 atom stereocenters. The van der Waals surface area contributed by atoms with Crippen molar-refractivity contribution in [3.05, 3.63) is 0 Å². The van der Waals surface area contributed by atoms with Gasteiger partial charge in [0.1, 0.15) is 5.54 Å². The third-order valence-electron chi connectivity index (χ3n) is 3.29. The van der Waals surface area contributed by atoms with E-state index >= 15 is 0 Å². The summed E-state index contributed by atoms with van der Waals surface area (Å²) < 4.78 is 0. The minimum atomic E-state index is -0.0457. The third kappa shape index (κ3) is 1.04. The summed E-state index contributed by atoms with van der Waals surface area (Å²) in [5, 5.41) is 9.12. The van der Waals surface area contributed by atoms with Crippen LogP contribution in [-0.2, 0) is 0 Å². The Hall–Kier alpha value is -0.550. The summed E-state index contributed by atoms with van der Waals surface area (Å²) in [6.07, 6.45) is 4.78. The Morgan fingerprint density at radius 2 is 1.92 bits per heavy atom. The summed E-state index contributed by atoms with van der Waals surface area (Å²) in [7, 11) is 0. The van der Waals surface area contributed by atoms with E-state index < -0.39 is 0 Å². The summed E-state index contributed by atoms with van der Waals surface area (Å²) in [6, 6.07) is 2.51. The minimum Gasteiger partial charge on any atom is -0.286 e. The van der Waals surface area contributed by atoms with E-state index in [2.05, 4.69) is 17.9 Å². The Morgan fingerprint density at radius 1 is 1.33 bits per heavy atom. The van der Waals surface area contributed by atoms with Gasteiger partial charge < -0.3 is 0 Å². The molecule has 2 heteroatoms. The molecule has 0 spiro atoms. The third-order valence-corrected chi connectivity index (χ3v) is 3.29. The lowest BCUT2D eigenvalue weighted by Gasteiger charge is -2.47. The zero-order valence-electron chi connectivity index (χ0n) is 7.71. The second kappa shape index (κ2) is 2.74. The van der Waals surface area contributed by atoms with Crippen LogP contribution in [0.1, 0.15) is 32.6 Å². The monoisotopic (exact) mass is 164 g/mol. The van der Waals surface area contributed by atoms with Gasteiger partial charge in [-0.2, -0.15) is 5.26 Å². The molecule has 0 aromatic carbocycles. The van der Waals surface area contributed by atoms with E-state index in [-0.39, 0.29) is 5.54 Å². The van der Waals surface area contributed by atoms with E-state index in [1.807, 2.05) is 0 Å². The van der Waals surface area contributed by atoms with Crippen molar-refractivity contribution in [3.63, 3.8) is 0 Å². The first-order chi connectivity index (χ1) is 5.77. The van der Waals surface area contributed by atoms with Gasteiger partial charge in [0, 0.05) is 0 Å². The first-order valence-corrected chi connectivity index (χ1v) is 4.93. The average molecular weight is 164 g/mol. The Balaban J connectivity index is 2.04. The van der Waals surface area contributed by atoms with Crippen molar-refractivity contribution in [2.45, 2.75) is 38.1 Å². The number of hydrogen-bond acceptors (Lipinski definition) is 2. The van der Waals surface area contributed by atoms with Gasteiger partial charge in [0.2, 0.25) is 0 Å². The number of hydrogen-bond donors (Lipinski definition) is 0. The van der Waals surface area contributed by atoms with Crippen LogP contribution in [0.3, 0.4) is 0 Å². The highest BCUT2D eigenvalue weighted by Crippen LogP contribution is 2.43. The SMILES string of the molecule is CC1CC(C#N)(N2CCCC2)C1. The Bertz CT molecular complexity index is 204. The maximum Gasteiger partial charge on any atom is 0.109 e. The highest BCUT2D eigenvalue weighted by molar-refractivity contribution is 5.16. The van der Waals surface area contributed by atoms with E-state index in [0.717, 1.165) is 31.8 Å². The maximum atomic E-state index is 9.12. The minimum absolute atomic E-state index is 0.0457. The number of nitriles is 1. The van der Waals surface area contributed by atoms with Gasteiger partial charge in [-0.1, -0.05) is 6.92 Å². The van der Waals surface area contributed by atoms with E-state index in [4.69, 9.17) is 5.26 Å². The Kier molecular flexibility index (Phi) is 1.84. The molecule has 2 aliphatic rings. The van der Waals surface area contributed by atoms with Crippen LogP contribution < -0.4 is 0 Å². The molecule has 66 valence electrons. The molecule has 0 unspecified atom stereocenters. The van der Waals surface area contributed by atoms with Gasteiger partial charge in [-0.25, -0.2) is 0 Å². The van der Waals surface area contributed by atoms with Gasteiger partial charge in [0.05, 0.1) is 6.07 Å². The smallest absolute Gasteiger partial charge is 0.109 e. The zero-order valence-corrected chi connectivity index (χ0v) is 7.71. The number of nitrogens with zero attached hydrogens (tertiary/aromatic N) is 2. The second-order valence-electron chi connectivity index (χ2n) is 4.35.